The first-order valence-corrected chi connectivity index (χ1v) is 17.5. The van der Waals surface area contributed by atoms with Crippen molar-refractivity contribution in [1.82, 2.24) is 10.2 Å². The van der Waals surface area contributed by atoms with Crippen molar-refractivity contribution in [3.05, 3.63) is 119 Å². The number of methoxy groups -OCH3 is 2. The van der Waals surface area contributed by atoms with E-state index in [2.05, 4.69) is 5.32 Å². The summed E-state index contributed by atoms with van der Waals surface area (Å²) in [5.41, 5.74) is 2.60. The number of nitrogens with one attached hydrogen (secondary N) is 1. The van der Waals surface area contributed by atoms with E-state index in [0.29, 0.717) is 23.5 Å². The van der Waals surface area contributed by atoms with Crippen molar-refractivity contribution in [2.45, 2.75) is 57.1 Å². The first-order valence-electron chi connectivity index (χ1n) is 15.7. The second-order valence-corrected chi connectivity index (χ2v) is 13.8. The Balaban J connectivity index is 1.84. The van der Waals surface area contributed by atoms with Crippen LogP contribution in [0.3, 0.4) is 0 Å². The summed E-state index contributed by atoms with van der Waals surface area (Å²) >= 11 is 6.46. The van der Waals surface area contributed by atoms with E-state index in [-0.39, 0.29) is 40.5 Å². The number of carbonyl (C=O) groups excluding carboxylic acids is 2. The summed E-state index contributed by atoms with van der Waals surface area (Å²) in [5, 5.41) is 3.21. The summed E-state index contributed by atoms with van der Waals surface area (Å²) in [4.78, 5) is 30.1. The van der Waals surface area contributed by atoms with Crippen LogP contribution in [0.5, 0.6) is 11.5 Å². The molecular weight excluding hydrogens is 650 g/mol. The van der Waals surface area contributed by atoms with Gasteiger partial charge in [-0.1, -0.05) is 78.7 Å². The number of rotatable bonds is 15. The Morgan fingerprint density at radius 3 is 2.19 bits per heavy atom. The van der Waals surface area contributed by atoms with Gasteiger partial charge in [0.1, 0.15) is 24.1 Å². The predicted octanol–water partition coefficient (Wildman–Crippen LogP) is 6.42. The number of sulfonamides is 1. The molecule has 0 spiro atoms. The van der Waals surface area contributed by atoms with Crippen LogP contribution in [0.25, 0.3) is 0 Å². The van der Waals surface area contributed by atoms with E-state index in [1.54, 1.807) is 43.5 Å². The van der Waals surface area contributed by atoms with E-state index in [4.69, 9.17) is 21.1 Å². The Morgan fingerprint density at radius 1 is 0.875 bits per heavy atom. The van der Waals surface area contributed by atoms with Gasteiger partial charge >= 0.3 is 0 Å². The molecule has 48 heavy (non-hydrogen) atoms. The highest BCUT2D eigenvalue weighted by Gasteiger charge is 2.35. The lowest BCUT2D eigenvalue weighted by Crippen LogP contribution is -2.54. The van der Waals surface area contributed by atoms with Gasteiger partial charge in [0.05, 0.1) is 29.8 Å². The standard InChI is InChI=1S/C37H42ClN3O6S/c1-6-27(3)39-37(43)34(22-28-11-8-7-9-12-28)40(24-29-13-10-14-31(21-29)46-4)36(42)25-41(30-17-20-35(47-5)33(38)23-30)48(44,45)32-18-15-26(2)16-19-32/h7-21,23,27,34H,6,22,24-25H2,1-5H3,(H,39,43)/t27-,34+/m1/s1. The van der Waals surface area contributed by atoms with Crippen LogP contribution < -0.4 is 19.1 Å². The zero-order chi connectivity index (χ0) is 34.8. The average molecular weight is 692 g/mol. The lowest BCUT2D eigenvalue weighted by Gasteiger charge is -2.34. The zero-order valence-corrected chi connectivity index (χ0v) is 29.4. The predicted molar refractivity (Wildman–Crippen MR) is 189 cm³/mol. The monoisotopic (exact) mass is 691 g/mol. The molecule has 0 saturated heterocycles. The lowest BCUT2D eigenvalue weighted by atomic mass is 10.0. The first kappa shape index (κ1) is 36.3. The highest BCUT2D eigenvalue weighted by Crippen LogP contribution is 2.32. The molecule has 11 heteroatoms. The van der Waals surface area contributed by atoms with Gasteiger partial charge in [0, 0.05) is 19.0 Å². The molecule has 0 aliphatic heterocycles. The van der Waals surface area contributed by atoms with E-state index in [0.717, 1.165) is 15.4 Å². The van der Waals surface area contributed by atoms with Crippen molar-refractivity contribution >= 4 is 39.1 Å². The zero-order valence-electron chi connectivity index (χ0n) is 27.9. The third kappa shape index (κ3) is 9.08. The third-order valence-electron chi connectivity index (χ3n) is 8.07. The van der Waals surface area contributed by atoms with E-state index in [9.17, 15) is 18.0 Å². The van der Waals surface area contributed by atoms with Crippen molar-refractivity contribution in [1.29, 1.82) is 0 Å². The molecule has 0 aliphatic rings. The van der Waals surface area contributed by atoms with Crippen LogP contribution in [0, 0.1) is 6.92 Å². The third-order valence-corrected chi connectivity index (χ3v) is 10.2. The SMILES string of the molecule is CC[C@@H](C)NC(=O)[C@H](Cc1ccccc1)N(Cc1cccc(OC)c1)C(=O)CN(c1ccc(OC)c(Cl)c1)S(=O)(=O)c1ccc(C)cc1. The maximum absolute atomic E-state index is 14.7. The van der Waals surface area contributed by atoms with Crippen LogP contribution >= 0.6 is 11.6 Å². The van der Waals surface area contributed by atoms with E-state index in [1.807, 2.05) is 57.2 Å². The van der Waals surface area contributed by atoms with Crippen LogP contribution in [0.15, 0.2) is 102 Å². The smallest absolute Gasteiger partial charge is 0.264 e. The van der Waals surface area contributed by atoms with Crippen molar-refractivity contribution < 1.29 is 27.5 Å². The second-order valence-electron chi connectivity index (χ2n) is 11.5. The lowest BCUT2D eigenvalue weighted by molar-refractivity contribution is -0.140. The number of hydrogen-bond acceptors (Lipinski definition) is 6. The molecular formula is C37H42ClN3O6S. The number of hydrogen-bond donors (Lipinski definition) is 1. The first-order chi connectivity index (χ1) is 23.0. The van der Waals surface area contributed by atoms with Gasteiger partial charge < -0.3 is 19.7 Å². The quantitative estimate of drug-likeness (QED) is 0.154. The molecule has 0 unspecified atom stereocenters. The summed E-state index contributed by atoms with van der Waals surface area (Å²) < 4.78 is 40.3. The Kier molecular flexibility index (Phi) is 12.5. The fourth-order valence-electron chi connectivity index (χ4n) is 5.14. The van der Waals surface area contributed by atoms with Gasteiger partial charge in [0.2, 0.25) is 11.8 Å². The second kappa shape index (κ2) is 16.5. The summed E-state index contributed by atoms with van der Waals surface area (Å²) in [6.07, 6.45) is 0.895. The van der Waals surface area contributed by atoms with Crippen molar-refractivity contribution in [2.24, 2.45) is 0 Å². The van der Waals surface area contributed by atoms with Crippen LogP contribution in [0.2, 0.25) is 5.02 Å². The molecule has 254 valence electrons. The summed E-state index contributed by atoms with van der Waals surface area (Å²) in [5.74, 6) is 0.00861. The maximum atomic E-state index is 14.7. The molecule has 2 atom stereocenters. The molecule has 4 aromatic rings. The number of benzene rings is 4. The molecule has 0 radical (unpaired) electrons. The molecule has 0 aliphatic carbocycles. The minimum absolute atomic E-state index is 0.00235. The van der Waals surface area contributed by atoms with Crippen molar-refractivity contribution in [2.75, 3.05) is 25.1 Å². The number of nitrogens with zero attached hydrogens (tertiary/aromatic N) is 2. The molecule has 0 saturated carbocycles. The van der Waals surface area contributed by atoms with E-state index >= 15 is 0 Å². The van der Waals surface area contributed by atoms with Gasteiger partial charge in [-0.2, -0.15) is 0 Å². The van der Waals surface area contributed by atoms with Gasteiger partial charge in [-0.15, -0.1) is 0 Å². The van der Waals surface area contributed by atoms with Crippen LogP contribution in [-0.4, -0.2) is 58.0 Å². The number of amides is 2. The van der Waals surface area contributed by atoms with Gasteiger partial charge in [-0.3, -0.25) is 13.9 Å². The number of anilines is 1. The molecule has 2 amide bonds. The Morgan fingerprint density at radius 2 is 1.56 bits per heavy atom. The molecule has 0 bridgehead atoms. The Bertz CT molecular complexity index is 1800. The Hall–Kier alpha value is -4.54. The minimum Gasteiger partial charge on any atom is -0.497 e. The van der Waals surface area contributed by atoms with E-state index in [1.165, 1.54) is 36.3 Å². The highest BCUT2D eigenvalue weighted by molar-refractivity contribution is 7.92. The number of halogens is 1. The minimum atomic E-state index is -4.28. The average Bonchev–Trinajstić information content (AvgIpc) is 3.09. The van der Waals surface area contributed by atoms with Gasteiger partial charge in [0.15, 0.2) is 0 Å². The highest BCUT2D eigenvalue weighted by atomic mass is 35.5. The summed E-state index contributed by atoms with van der Waals surface area (Å²) in [6.45, 7) is 5.13. The molecule has 9 nitrogen and oxygen atoms in total. The van der Waals surface area contributed by atoms with Crippen LogP contribution in [0.4, 0.5) is 5.69 Å². The normalized spacial score (nSPS) is 12.5. The molecule has 0 aromatic heterocycles. The largest absolute Gasteiger partial charge is 0.497 e. The number of aryl methyl sites for hydroxylation is 1. The maximum Gasteiger partial charge on any atom is 0.264 e. The molecule has 0 fully saturated rings. The summed E-state index contributed by atoms with van der Waals surface area (Å²) in [7, 11) is -1.27. The van der Waals surface area contributed by atoms with E-state index < -0.39 is 28.5 Å². The molecule has 0 heterocycles. The molecule has 4 rings (SSSR count). The fraction of sp³-hybridized carbons (Fsp3) is 0.297. The van der Waals surface area contributed by atoms with Gasteiger partial charge in [-0.05, 0) is 73.9 Å². The number of carbonyl (C=O) groups is 2. The van der Waals surface area contributed by atoms with Crippen molar-refractivity contribution in [3.8, 4) is 11.5 Å². The van der Waals surface area contributed by atoms with Gasteiger partial charge in [0.25, 0.3) is 10.0 Å². The van der Waals surface area contributed by atoms with Crippen molar-refractivity contribution in [3.63, 3.8) is 0 Å². The van der Waals surface area contributed by atoms with Gasteiger partial charge in [-0.25, -0.2) is 8.42 Å². The molecule has 1 N–H and O–H groups in total. The topological polar surface area (TPSA) is 105 Å². The Labute approximate surface area is 288 Å². The number of ether oxygens (including phenoxy) is 2. The van der Waals surface area contributed by atoms with Crippen LogP contribution in [0.1, 0.15) is 37.0 Å². The van der Waals surface area contributed by atoms with Crippen LogP contribution in [-0.2, 0) is 32.6 Å². The fourth-order valence-corrected chi connectivity index (χ4v) is 6.80. The summed E-state index contributed by atoms with van der Waals surface area (Å²) in [6, 6.07) is 26.4. The molecule has 4 aromatic carbocycles.